The van der Waals surface area contributed by atoms with Crippen molar-refractivity contribution in [3.8, 4) is 0 Å². The molecule has 0 aliphatic heterocycles. The number of hydrogen-bond donors (Lipinski definition) is 1. The highest BCUT2D eigenvalue weighted by Crippen LogP contribution is 2.12. The molecular weight excluding hydrogens is 284 g/mol. The first-order chi connectivity index (χ1) is 11.3. The minimum atomic E-state index is -0.656. The van der Waals surface area contributed by atoms with Gasteiger partial charge in [0.1, 0.15) is 0 Å². The van der Waals surface area contributed by atoms with Crippen molar-refractivity contribution in [2.24, 2.45) is 0 Å². The summed E-state index contributed by atoms with van der Waals surface area (Å²) < 4.78 is 0. The Morgan fingerprint density at radius 3 is 1.48 bits per heavy atom. The van der Waals surface area contributed by atoms with Gasteiger partial charge in [-0.1, -0.05) is 89.7 Å². The van der Waals surface area contributed by atoms with Crippen LogP contribution in [-0.2, 0) is 4.79 Å². The highest BCUT2D eigenvalue weighted by Gasteiger charge is 1.96. The molecule has 2 nitrogen and oxygen atoms in total. The molecule has 0 aromatic rings. The highest BCUT2D eigenvalue weighted by molar-refractivity contribution is 5.66. The van der Waals surface area contributed by atoms with Crippen LogP contribution in [-0.4, -0.2) is 11.1 Å². The number of carboxylic acid groups (broad SMARTS) is 1. The van der Waals surface area contributed by atoms with Crippen molar-refractivity contribution in [1.82, 2.24) is 0 Å². The number of aliphatic carboxylic acids is 1. The van der Waals surface area contributed by atoms with E-state index < -0.39 is 5.97 Å². The van der Waals surface area contributed by atoms with Crippen molar-refractivity contribution in [3.63, 3.8) is 0 Å². The van der Waals surface area contributed by atoms with Gasteiger partial charge < -0.3 is 5.11 Å². The van der Waals surface area contributed by atoms with E-state index in [0.717, 1.165) is 12.8 Å². The number of rotatable bonds is 18. The van der Waals surface area contributed by atoms with Crippen molar-refractivity contribution >= 4 is 5.97 Å². The number of carbonyl (C=O) groups is 1. The normalized spacial score (nSPS) is 11.3. The molecule has 0 aliphatic rings. The van der Waals surface area contributed by atoms with Crippen LogP contribution in [0, 0.1) is 0 Å². The molecular formula is C21H40O2. The molecule has 0 saturated carbocycles. The van der Waals surface area contributed by atoms with E-state index in [4.69, 9.17) is 5.11 Å². The topological polar surface area (TPSA) is 37.3 Å². The quantitative estimate of drug-likeness (QED) is 0.212. The van der Waals surface area contributed by atoms with E-state index in [0.29, 0.717) is 6.42 Å². The van der Waals surface area contributed by atoms with Crippen LogP contribution in [0.3, 0.4) is 0 Å². The zero-order chi connectivity index (χ0) is 17.0. The summed E-state index contributed by atoms with van der Waals surface area (Å²) in [5.41, 5.74) is 0. The fraction of sp³-hybridized carbons (Fsp3) is 0.857. The van der Waals surface area contributed by atoms with E-state index >= 15 is 0 Å². The summed E-state index contributed by atoms with van der Waals surface area (Å²) in [4.78, 5) is 10.4. The Balaban J connectivity index is 3.04. The van der Waals surface area contributed by atoms with Gasteiger partial charge in [-0.3, -0.25) is 4.79 Å². The van der Waals surface area contributed by atoms with E-state index in [1.807, 2.05) is 0 Å². The minimum Gasteiger partial charge on any atom is -0.481 e. The summed E-state index contributed by atoms with van der Waals surface area (Å²) in [6.07, 6.45) is 25.7. The molecule has 0 spiro atoms. The van der Waals surface area contributed by atoms with E-state index in [1.54, 1.807) is 0 Å². The second-order valence-electron chi connectivity index (χ2n) is 6.79. The first-order valence-corrected chi connectivity index (χ1v) is 10.1. The molecule has 0 fully saturated rings. The Morgan fingerprint density at radius 2 is 1.04 bits per heavy atom. The maximum atomic E-state index is 10.4. The lowest BCUT2D eigenvalue weighted by Gasteiger charge is -2.02. The third-order valence-corrected chi connectivity index (χ3v) is 4.40. The third kappa shape index (κ3) is 21.2. The Bertz CT molecular complexity index is 271. The summed E-state index contributed by atoms with van der Waals surface area (Å²) in [5.74, 6) is -0.656. The molecule has 23 heavy (non-hydrogen) atoms. The van der Waals surface area contributed by atoms with Gasteiger partial charge in [0.05, 0.1) is 0 Å². The molecule has 136 valence electrons. The summed E-state index contributed by atoms with van der Waals surface area (Å²) >= 11 is 0. The molecule has 2 heteroatoms. The molecule has 0 atom stereocenters. The first-order valence-electron chi connectivity index (χ1n) is 10.1. The summed E-state index contributed by atoms with van der Waals surface area (Å²) in [5, 5.41) is 8.54. The monoisotopic (exact) mass is 324 g/mol. The third-order valence-electron chi connectivity index (χ3n) is 4.40. The van der Waals surface area contributed by atoms with E-state index in [1.165, 1.54) is 89.9 Å². The van der Waals surface area contributed by atoms with Crippen molar-refractivity contribution < 1.29 is 9.90 Å². The Hall–Kier alpha value is -0.790. The van der Waals surface area contributed by atoms with Gasteiger partial charge in [0.2, 0.25) is 0 Å². The van der Waals surface area contributed by atoms with E-state index in [-0.39, 0.29) is 0 Å². The summed E-state index contributed by atoms with van der Waals surface area (Å²) in [7, 11) is 0. The van der Waals surface area contributed by atoms with Gasteiger partial charge in [0, 0.05) is 6.42 Å². The molecule has 0 amide bonds. The lowest BCUT2D eigenvalue weighted by atomic mass is 10.0. The highest BCUT2D eigenvalue weighted by atomic mass is 16.4. The van der Waals surface area contributed by atoms with Crippen LogP contribution in [0.15, 0.2) is 12.2 Å². The lowest BCUT2D eigenvalue weighted by Crippen LogP contribution is -1.93. The molecule has 0 aromatic heterocycles. The fourth-order valence-electron chi connectivity index (χ4n) is 2.88. The number of carboxylic acids is 1. The van der Waals surface area contributed by atoms with Gasteiger partial charge in [0.25, 0.3) is 0 Å². The predicted octanol–water partition coefficient (Wildman–Crippen LogP) is 7.28. The molecule has 0 bridgehead atoms. The second kappa shape index (κ2) is 19.3. The second-order valence-corrected chi connectivity index (χ2v) is 6.79. The van der Waals surface area contributed by atoms with Crippen molar-refractivity contribution in [3.05, 3.63) is 12.2 Å². The van der Waals surface area contributed by atoms with Crippen LogP contribution in [0.25, 0.3) is 0 Å². The number of unbranched alkanes of at least 4 members (excludes halogenated alkanes) is 14. The van der Waals surface area contributed by atoms with E-state index in [2.05, 4.69) is 19.1 Å². The summed E-state index contributed by atoms with van der Waals surface area (Å²) in [6, 6.07) is 0. The molecule has 0 unspecified atom stereocenters. The van der Waals surface area contributed by atoms with Crippen LogP contribution < -0.4 is 0 Å². The van der Waals surface area contributed by atoms with Gasteiger partial charge >= 0.3 is 5.97 Å². The van der Waals surface area contributed by atoms with Crippen LogP contribution in [0.2, 0.25) is 0 Å². The zero-order valence-corrected chi connectivity index (χ0v) is 15.5. The van der Waals surface area contributed by atoms with Gasteiger partial charge in [-0.15, -0.1) is 0 Å². The predicted molar refractivity (Wildman–Crippen MR) is 101 cm³/mol. The van der Waals surface area contributed by atoms with Crippen LogP contribution in [0.1, 0.15) is 116 Å². The van der Waals surface area contributed by atoms with Crippen LogP contribution in [0.4, 0.5) is 0 Å². The molecule has 0 rings (SSSR count). The molecule has 0 heterocycles. The first kappa shape index (κ1) is 22.2. The largest absolute Gasteiger partial charge is 0.481 e. The van der Waals surface area contributed by atoms with Crippen LogP contribution in [0.5, 0.6) is 0 Å². The van der Waals surface area contributed by atoms with Gasteiger partial charge in [-0.2, -0.15) is 0 Å². The Labute approximate surface area is 144 Å². The average Bonchev–Trinajstić information content (AvgIpc) is 2.53. The molecule has 1 N–H and O–H groups in total. The van der Waals surface area contributed by atoms with Crippen molar-refractivity contribution in [1.29, 1.82) is 0 Å². The lowest BCUT2D eigenvalue weighted by molar-refractivity contribution is -0.137. The smallest absolute Gasteiger partial charge is 0.303 e. The average molecular weight is 325 g/mol. The number of hydrogen-bond acceptors (Lipinski definition) is 1. The Kier molecular flexibility index (Phi) is 18.6. The molecule has 0 aliphatic carbocycles. The zero-order valence-electron chi connectivity index (χ0n) is 15.5. The molecule has 0 aromatic carbocycles. The fourth-order valence-corrected chi connectivity index (χ4v) is 2.88. The number of allylic oxidation sites excluding steroid dienone is 2. The maximum Gasteiger partial charge on any atom is 0.303 e. The van der Waals surface area contributed by atoms with Gasteiger partial charge in [-0.05, 0) is 32.1 Å². The van der Waals surface area contributed by atoms with Gasteiger partial charge in [-0.25, -0.2) is 0 Å². The molecule has 0 saturated heterocycles. The van der Waals surface area contributed by atoms with Crippen LogP contribution >= 0.6 is 0 Å². The standard InChI is InChI=1S/C21H40O2/c1-2-3-4-5-6-7-8-9-10-11-12-13-14-15-16-17-18-19-20-21(22)23/h6-7H,2-5,8-20H2,1H3,(H,22,23). The Morgan fingerprint density at radius 1 is 0.652 bits per heavy atom. The minimum absolute atomic E-state index is 0.341. The van der Waals surface area contributed by atoms with Gasteiger partial charge in [0.15, 0.2) is 0 Å². The SMILES string of the molecule is CCCCCC=CCCCCCCCCCCCCCC(=O)O. The summed E-state index contributed by atoms with van der Waals surface area (Å²) in [6.45, 7) is 2.26. The molecule has 0 radical (unpaired) electrons. The van der Waals surface area contributed by atoms with Crippen molar-refractivity contribution in [2.75, 3.05) is 0 Å². The van der Waals surface area contributed by atoms with Crippen molar-refractivity contribution in [2.45, 2.75) is 116 Å². The maximum absolute atomic E-state index is 10.4. The van der Waals surface area contributed by atoms with E-state index in [9.17, 15) is 4.79 Å².